The van der Waals surface area contributed by atoms with Crippen molar-refractivity contribution in [3.05, 3.63) is 38.8 Å². The molecule has 0 saturated carbocycles. The Hall–Kier alpha value is -1.79. The number of carboxylic acids is 1. The zero-order chi connectivity index (χ0) is 13.3. The van der Waals surface area contributed by atoms with Gasteiger partial charge in [0.2, 0.25) is 0 Å². The van der Waals surface area contributed by atoms with Gasteiger partial charge < -0.3 is 15.4 Å². The highest BCUT2D eigenvalue weighted by Gasteiger charge is 2.19. The number of nitrogens with one attached hydrogen (secondary N) is 2. The number of carbonyl (C=O) groups excluding carboxylic acids is 1. The minimum Gasteiger partial charge on any atom is -0.478 e. The third-order valence-electron chi connectivity index (χ3n) is 2.36. The van der Waals surface area contributed by atoms with E-state index in [1.807, 2.05) is 0 Å². The Bertz CT molecular complexity index is 618. The number of H-pyrrole nitrogens is 1. The number of amides is 1. The van der Waals surface area contributed by atoms with Gasteiger partial charge in [0.1, 0.15) is 10.4 Å². The van der Waals surface area contributed by atoms with E-state index in [-0.39, 0.29) is 11.3 Å². The van der Waals surface area contributed by atoms with E-state index in [4.69, 9.17) is 16.7 Å². The number of thiophene rings is 1. The van der Waals surface area contributed by atoms with Crippen LogP contribution >= 0.6 is 22.9 Å². The van der Waals surface area contributed by atoms with Crippen molar-refractivity contribution in [3.63, 3.8) is 0 Å². The van der Waals surface area contributed by atoms with Crippen LogP contribution in [0, 0.1) is 6.92 Å². The number of carboxylic acid groups (broad SMARTS) is 1. The van der Waals surface area contributed by atoms with E-state index in [0.29, 0.717) is 15.6 Å². The quantitative estimate of drug-likeness (QED) is 0.810. The van der Waals surface area contributed by atoms with Gasteiger partial charge in [-0.05, 0) is 18.4 Å². The van der Waals surface area contributed by atoms with Crippen molar-refractivity contribution in [2.45, 2.75) is 6.92 Å². The van der Waals surface area contributed by atoms with E-state index in [2.05, 4.69) is 10.3 Å². The van der Waals surface area contributed by atoms with Gasteiger partial charge in [0, 0.05) is 11.9 Å². The second-order valence-electron chi connectivity index (χ2n) is 3.56. The SMILES string of the molecule is Cc1[nH]cc(NC(=O)c2sccc2Cl)c1C(=O)O. The van der Waals surface area contributed by atoms with E-state index < -0.39 is 11.9 Å². The summed E-state index contributed by atoms with van der Waals surface area (Å²) in [6, 6.07) is 1.61. The molecule has 0 bridgehead atoms. The van der Waals surface area contributed by atoms with Gasteiger partial charge in [-0.2, -0.15) is 0 Å². The second kappa shape index (κ2) is 4.83. The molecule has 0 saturated heterocycles. The van der Waals surface area contributed by atoms with Crippen molar-refractivity contribution >= 4 is 40.5 Å². The summed E-state index contributed by atoms with van der Waals surface area (Å²) < 4.78 is 0. The van der Waals surface area contributed by atoms with Gasteiger partial charge in [-0.15, -0.1) is 11.3 Å². The minimum absolute atomic E-state index is 0.0519. The normalized spacial score (nSPS) is 10.3. The van der Waals surface area contributed by atoms with Crippen molar-refractivity contribution in [2.75, 3.05) is 5.32 Å². The Morgan fingerprint density at radius 3 is 2.78 bits per heavy atom. The third kappa shape index (κ3) is 2.25. The number of hydrogen-bond acceptors (Lipinski definition) is 3. The Kier molecular flexibility index (Phi) is 3.40. The molecule has 2 aromatic heterocycles. The number of aromatic amines is 1. The molecule has 0 aromatic carbocycles. The van der Waals surface area contributed by atoms with E-state index in [1.54, 1.807) is 18.4 Å². The summed E-state index contributed by atoms with van der Waals surface area (Å²) in [6.45, 7) is 1.62. The van der Waals surface area contributed by atoms with Crippen molar-refractivity contribution in [1.29, 1.82) is 0 Å². The molecule has 2 rings (SSSR count). The standard InChI is InChI=1S/C11H9ClN2O3S/c1-5-8(11(16)17)7(4-13-5)14-10(15)9-6(12)2-3-18-9/h2-4,13H,1H3,(H,14,15)(H,16,17). The second-order valence-corrected chi connectivity index (χ2v) is 4.88. The molecule has 18 heavy (non-hydrogen) atoms. The van der Waals surface area contributed by atoms with Gasteiger partial charge in [0.25, 0.3) is 5.91 Å². The van der Waals surface area contributed by atoms with Crippen LogP contribution in [0.3, 0.4) is 0 Å². The molecule has 0 aliphatic heterocycles. The smallest absolute Gasteiger partial charge is 0.339 e. The minimum atomic E-state index is -1.10. The lowest BCUT2D eigenvalue weighted by molar-refractivity contribution is 0.0697. The molecule has 0 aliphatic carbocycles. The van der Waals surface area contributed by atoms with Crippen LogP contribution in [-0.2, 0) is 0 Å². The Labute approximate surface area is 111 Å². The molecule has 0 radical (unpaired) electrons. The number of rotatable bonds is 3. The zero-order valence-electron chi connectivity index (χ0n) is 9.28. The molecule has 1 amide bonds. The largest absolute Gasteiger partial charge is 0.478 e. The van der Waals surface area contributed by atoms with E-state index in [9.17, 15) is 9.59 Å². The van der Waals surface area contributed by atoms with E-state index in [1.165, 1.54) is 17.5 Å². The molecule has 7 heteroatoms. The first-order valence-electron chi connectivity index (χ1n) is 4.96. The maximum atomic E-state index is 11.9. The van der Waals surface area contributed by atoms with Gasteiger partial charge in [0.15, 0.2) is 0 Å². The topological polar surface area (TPSA) is 82.2 Å². The summed E-state index contributed by atoms with van der Waals surface area (Å²) in [5, 5.41) is 13.6. The van der Waals surface area contributed by atoms with Gasteiger partial charge >= 0.3 is 5.97 Å². The monoisotopic (exact) mass is 284 g/mol. The highest BCUT2D eigenvalue weighted by molar-refractivity contribution is 7.12. The molecule has 2 aromatic rings. The molecule has 0 fully saturated rings. The Balaban J connectivity index is 2.28. The lowest BCUT2D eigenvalue weighted by atomic mass is 10.2. The molecule has 3 N–H and O–H groups in total. The van der Waals surface area contributed by atoms with Crippen molar-refractivity contribution < 1.29 is 14.7 Å². The first-order chi connectivity index (χ1) is 8.50. The molecule has 5 nitrogen and oxygen atoms in total. The van der Waals surface area contributed by atoms with Gasteiger partial charge in [0.05, 0.1) is 10.7 Å². The highest BCUT2D eigenvalue weighted by atomic mass is 35.5. The first kappa shape index (κ1) is 12.7. The zero-order valence-corrected chi connectivity index (χ0v) is 10.9. The Morgan fingerprint density at radius 2 is 2.22 bits per heavy atom. The van der Waals surface area contributed by atoms with Crippen LogP contribution in [-0.4, -0.2) is 22.0 Å². The number of aryl methyl sites for hydroxylation is 1. The summed E-state index contributed by atoms with van der Waals surface area (Å²) in [6.07, 6.45) is 1.44. The summed E-state index contributed by atoms with van der Waals surface area (Å²) in [7, 11) is 0. The number of carbonyl (C=O) groups is 2. The van der Waals surface area contributed by atoms with Gasteiger partial charge in [-0.3, -0.25) is 4.79 Å². The van der Waals surface area contributed by atoms with Crippen LogP contribution in [0.15, 0.2) is 17.6 Å². The van der Waals surface area contributed by atoms with Crippen LogP contribution in [0.2, 0.25) is 5.02 Å². The van der Waals surface area contributed by atoms with Crippen molar-refractivity contribution in [1.82, 2.24) is 4.98 Å². The molecular formula is C11H9ClN2O3S. The molecule has 0 aliphatic rings. The van der Waals surface area contributed by atoms with Gasteiger partial charge in [-0.1, -0.05) is 11.6 Å². The maximum Gasteiger partial charge on any atom is 0.339 e. The molecule has 94 valence electrons. The van der Waals surface area contributed by atoms with Crippen LogP contribution in [0.5, 0.6) is 0 Å². The number of hydrogen-bond donors (Lipinski definition) is 3. The highest BCUT2D eigenvalue weighted by Crippen LogP contribution is 2.25. The molecular weight excluding hydrogens is 276 g/mol. The van der Waals surface area contributed by atoms with Crippen LogP contribution < -0.4 is 5.32 Å². The molecule has 0 atom stereocenters. The summed E-state index contributed by atoms with van der Waals surface area (Å²) in [4.78, 5) is 26.0. The number of anilines is 1. The van der Waals surface area contributed by atoms with Gasteiger partial charge in [-0.25, -0.2) is 4.79 Å². The Morgan fingerprint density at radius 1 is 1.50 bits per heavy atom. The third-order valence-corrected chi connectivity index (χ3v) is 3.70. The number of aromatic carboxylic acids is 1. The average Bonchev–Trinajstić information content (AvgIpc) is 2.85. The predicted molar refractivity (Wildman–Crippen MR) is 69.8 cm³/mol. The molecule has 0 unspecified atom stereocenters. The van der Waals surface area contributed by atoms with E-state index >= 15 is 0 Å². The maximum absolute atomic E-state index is 11.9. The summed E-state index contributed by atoms with van der Waals surface area (Å²) in [5.41, 5.74) is 0.764. The van der Waals surface area contributed by atoms with Crippen molar-refractivity contribution in [3.8, 4) is 0 Å². The summed E-state index contributed by atoms with van der Waals surface area (Å²) >= 11 is 7.03. The fraction of sp³-hybridized carbons (Fsp3) is 0.0909. The van der Waals surface area contributed by atoms with E-state index in [0.717, 1.165) is 0 Å². The fourth-order valence-electron chi connectivity index (χ4n) is 1.54. The average molecular weight is 285 g/mol. The fourth-order valence-corrected chi connectivity index (χ4v) is 2.57. The molecule has 2 heterocycles. The summed E-state index contributed by atoms with van der Waals surface area (Å²) in [5.74, 6) is -1.52. The predicted octanol–water partition coefficient (Wildman–Crippen LogP) is 2.99. The first-order valence-corrected chi connectivity index (χ1v) is 6.22. The van der Waals surface area contributed by atoms with Crippen molar-refractivity contribution in [2.24, 2.45) is 0 Å². The van der Waals surface area contributed by atoms with Crippen LogP contribution in [0.25, 0.3) is 0 Å². The van der Waals surface area contributed by atoms with Crippen LogP contribution in [0.4, 0.5) is 5.69 Å². The lowest BCUT2D eigenvalue weighted by Gasteiger charge is -2.03. The lowest BCUT2D eigenvalue weighted by Crippen LogP contribution is -2.13. The number of halogens is 1. The molecule has 0 spiro atoms. The van der Waals surface area contributed by atoms with Crippen LogP contribution in [0.1, 0.15) is 25.7 Å². The number of aromatic nitrogens is 1.